The summed E-state index contributed by atoms with van der Waals surface area (Å²) in [6.45, 7) is 0.711. The molecule has 0 radical (unpaired) electrons. The third kappa shape index (κ3) is 2.84. The summed E-state index contributed by atoms with van der Waals surface area (Å²) in [4.78, 5) is 14.0. The normalized spacial score (nSPS) is 14.9. The molecule has 0 saturated heterocycles. The lowest BCUT2D eigenvalue weighted by Crippen LogP contribution is -2.37. The molecule has 2 aromatic rings. The zero-order chi connectivity index (χ0) is 15.7. The number of rotatable bonds is 2. The highest BCUT2D eigenvalue weighted by Crippen LogP contribution is 2.30. The van der Waals surface area contributed by atoms with Gasteiger partial charge in [0.25, 0.3) is 5.91 Å². The van der Waals surface area contributed by atoms with Crippen LogP contribution in [0.3, 0.4) is 0 Å². The standard InChI is InChI=1S/C17H14F3NO/c18-17(19,20)14-6-3-4-12(10-14)11-21-9-8-13-5-1-2-7-15(13)16(21)22/h1-7,10H,8-9,11H2. The molecule has 5 heteroatoms. The predicted molar refractivity (Wildman–Crippen MR) is 76.3 cm³/mol. The lowest BCUT2D eigenvalue weighted by molar-refractivity contribution is -0.137. The molecule has 1 heterocycles. The van der Waals surface area contributed by atoms with Gasteiger partial charge in [-0.15, -0.1) is 0 Å². The lowest BCUT2D eigenvalue weighted by Gasteiger charge is -2.28. The minimum atomic E-state index is -4.37. The van der Waals surface area contributed by atoms with E-state index < -0.39 is 11.7 Å². The van der Waals surface area contributed by atoms with Gasteiger partial charge in [0.15, 0.2) is 0 Å². The molecule has 1 aliphatic heterocycles. The van der Waals surface area contributed by atoms with Crippen LogP contribution in [-0.2, 0) is 19.1 Å². The minimum absolute atomic E-state index is 0.126. The van der Waals surface area contributed by atoms with E-state index in [1.54, 1.807) is 23.1 Å². The number of carbonyl (C=O) groups is 1. The zero-order valence-corrected chi connectivity index (χ0v) is 11.7. The Morgan fingerprint density at radius 2 is 1.82 bits per heavy atom. The van der Waals surface area contributed by atoms with Gasteiger partial charge >= 0.3 is 6.18 Å². The van der Waals surface area contributed by atoms with Crippen LogP contribution in [0.4, 0.5) is 13.2 Å². The van der Waals surface area contributed by atoms with E-state index in [0.29, 0.717) is 17.7 Å². The van der Waals surface area contributed by atoms with Crippen molar-refractivity contribution in [3.8, 4) is 0 Å². The van der Waals surface area contributed by atoms with E-state index in [1.165, 1.54) is 6.07 Å². The smallest absolute Gasteiger partial charge is 0.334 e. The largest absolute Gasteiger partial charge is 0.416 e. The van der Waals surface area contributed by atoms with E-state index in [2.05, 4.69) is 0 Å². The third-order valence-corrected chi connectivity index (χ3v) is 3.81. The Kier molecular flexibility index (Phi) is 3.64. The van der Waals surface area contributed by atoms with E-state index in [0.717, 1.165) is 24.1 Å². The summed E-state index contributed by atoms with van der Waals surface area (Å²) >= 11 is 0. The van der Waals surface area contributed by atoms with Gasteiger partial charge in [0.1, 0.15) is 0 Å². The summed E-state index contributed by atoms with van der Waals surface area (Å²) in [6.07, 6.45) is -3.64. The highest BCUT2D eigenvalue weighted by atomic mass is 19.4. The van der Waals surface area contributed by atoms with Gasteiger partial charge < -0.3 is 4.90 Å². The molecular weight excluding hydrogens is 291 g/mol. The Morgan fingerprint density at radius 3 is 2.59 bits per heavy atom. The van der Waals surface area contributed by atoms with Crippen LogP contribution in [-0.4, -0.2) is 17.4 Å². The highest BCUT2D eigenvalue weighted by molar-refractivity contribution is 5.96. The average Bonchev–Trinajstić information content (AvgIpc) is 2.50. The molecule has 0 atom stereocenters. The molecule has 3 rings (SSSR count). The molecule has 1 aliphatic rings. The lowest BCUT2D eigenvalue weighted by atomic mass is 9.98. The molecule has 0 aromatic heterocycles. The van der Waals surface area contributed by atoms with Gasteiger partial charge in [0.05, 0.1) is 5.56 Å². The second kappa shape index (κ2) is 5.48. The van der Waals surface area contributed by atoms with Crippen molar-refractivity contribution >= 4 is 5.91 Å². The molecule has 1 amide bonds. The van der Waals surface area contributed by atoms with Crippen molar-refractivity contribution in [1.82, 2.24) is 4.90 Å². The van der Waals surface area contributed by atoms with Crippen molar-refractivity contribution in [1.29, 1.82) is 0 Å². The number of carbonyl (C=O) groups excluding carboxylic acids is 1. The molecule has 2 nitrogen and oxygen atoms in total. The van der Waals surface area contributed by atoms with Crippen LogP contribution in [0.2, 0.25) is 0 Å². The third-order valence-electron chi connectivity index (χ3n) is 3.81. The second-order valence-corrected chi connectivity index (χ2v) is 5.33. The van der Waals surface area contributed by atoms with Crippen LogP contribution in [0.1, 0.15) is 27.0 Å². The maximum absolute atomic E-state index is 12.7. The molecule has 22 heavy (non-hydrogen) atoms. The van der Waals surface area contributed by atoms with E-state index in [9.17, 15) is 18.0 Å². The number of benzene rings is 2. The maximum atomic E-state index is 12.7. The van der Waals surface area contributed by atoms with Crippen molar-refractivity contribution in [3.05, 3.63) is 70.8 Å². The molecule has 0 aliphatic carbocycles. The molecule has 0 fully saturated rings. The number of nitrogens with zero attached hydrogens (tertiary/aromatic N) is 1. The monoisotopic (exact) mass is 305 g/mol. The SMILES string of the molecule is O=C1c2ccccc2CCN1Cc1cccc(C(F)(F)F)c1. The Balaban J connectivity index is 1.82. The summed E-state index contributed by atoms with van der Waals surface area (Å²) in [6, 6.07) is 12.5. The predicted octanol–water partition coefficient (Wildman–Crippen LogP) is 3.90. The van der Waals surface area contributed by atoms with Crippen molar-refractivity contribution in [2.75, 3.05) is 6.54 Å². The van der Waals surface area contributed by atoms with Crippen molar-refractivity contribution in [2.45, 2.75) is 19.1 Å². The van der Waals surface area contributed by atoms with E-state index in [1.807, 2.05) is 12.1 Å². The van der Waals surface area contributed by atoms with Gasteiger partial charge in [0, 0.05) is 18.7 Å². The molecule has 0 saturated carbocycles. The first-order valence-corrected chi connectivity index (χ1v) is 6.98. The van der Waals surface area contributed by atoms with Crippen LogP contribution in [0.15, 0.2) is 48.5 Å². The minimum Gasteiger partial charge on any atom is -0.334 e. The number of fused-ring (bicyclic) bond motifs is 1. The molecule has 2 aromatic carbocycles. The molecule has 0 spiro atoms. The van der Waals surface area contributed by atoms with E-state index in [-0.39, 0.29) is 12.5 Å². The van der Waals surface area contributed by atoms with Crippen LogP contribution in [0, 0.1) is 0 Å². The van der Waals surface area contributed by atoms with Crippen molar-refractivity contribution < 1.29 is 18.0 Å². The van der Waals surface area contributed by atoms with Gasteiger partial charge in [-0.1, -0.05) is 30.3 Å². The van der Waals surface area contributed by atoms with Crippen LogP contribution in [0.5, 0.6) is 0 Å². The molecular formula is C17H14F3NO. The number of hydrogen-bond acceptors (Lipinski definition) is 1. The first kappa shape index (κ1) is 14.6. The van der Waals surface area contributed by atoms with Crippen LogP contribution < -0.4 is 0 Å². The summed E-state index contributed by atoms with van der Waals surface area (Å²) in [5, 5.41) is 0. The average molecular weight is 305 g/mol. The summed E-state index contributed by atoms with van der Waals surface area (Å²) in [5.41, 5.74) is 1.44. The van der Waals surface area contributed by atoms with Crippen molar-refractivity contribution in [3.63, 3.8) is 0 Å². The molecule has 114 valence electrons. The van der Waals surface area contributed by atoms with E-state index in [4.69, 9.17) is 0 Å². The van der Waals surface area contributed by atoms with E-state index >= 15 is 0 Å². The van der Waals surface area contributed by atoms with Crippen LogP contribution in [0.25, 0.3) is 0 Å². The Bertz CT molecular complexity index is 709. The first-order chi connectivity index (χ1) is 10.4. The summed E-state index contributed by atoms with van der Waals surface area (Å²) < 4.78 is 38.2. The fraction of sp³-hybridized carbons (Fsp3) is 0.235. The molecule has 0 unspecified atom stereocenters. The Labute approximate surface area is 126 Å². The van der Waals surface area contributed by atoms with Gasteiger partial charge in [-0.2, -0.15) is 13.2 Å². The summed E-state index contributed by atoms with van der Waals surface area (Å²) in [7, 11) is 0. The number of halogens is 3. The van der Waals surface area contributed by atoms with Gasteiger partial charge in [-0.25, -0.2) is 0 Å². The fourth-order valence-electron chi connectivity index (χ4n) is 2.69. The number of amides is 1. The van der Waals surface area contributed by atoms with Crippen molar-refractivity contribution in [2.24, 2.45) is 0 Å². The Morgan fingerprint density at radius 1 is 1.05 bits per heavy atom. The van der Waals surface area contributed by atoms with Gasteiger partial charge in [-0.05, 0) is 35.7 Å². The second-order valence-electron chi connectivity index (χ2n) is 5.33. The maximum Gasteiger partial charge on any atom is 0.416 e. The topological polar surface area (TPSA) is 20.3 Å². The first-order valence-electron chi connectivity index (χ1n) is 6.98. The Hall–Kier alpha value is -2.30. The summed E-state index contributed by atoms with van der Waals surface area (Å²) in [5.74, 6) is -0.126. The van der Waals surface area contributed by atoms with Gasteiger partial charge in [-0.3, -0.25) is 4.79 Å². The van der Waals surface area contributed by atoms with Gasteiger partial charge in [0.2, 0.25) is 0 Å². The molecule has 0 N–H and O–H groups in total. The quantitative estimate of drug-likeness (QED) is 0.824. The number of hydrogen-bond donors (Lipinski definition) is 0. The number of alkyl halides is 3. The fourth-order valence-corrected chi connectivity index (χ4v) is 2.69. The highest BCUT2D eigenvalue weighted by Gasteiger charge is 2.31. The van der Waals surface area contributed by atoms with Crippen LogP contribution >= 0.6 is 0 Å². The zero-order valence-electron chi connectivity index (χ0n) is 11.7. The molecule has 0 bridgehead atoms.